The number of nitrogens with one attached hydrogen (secondary N) is 1. The van der Waals surface area contributed by atoms with Crippen LogP contribution >= 0.6 is 11.6 Å². The van der Waals surface area contributed by atoms with Crippen molar-refractivity contribution in [3.05, 3.63) is 28.8 Å². The van der Waals surface area contributed by atoms with E-state index < -0.39 is 11.7 Å². The predicted octanol–water partition coefficient (Wildman–Crippen LogP) is 4.42. The van der Waals surface area contributed by atoms with Crippen molar-refractivity contribution < 1.29 is 9.53 Å². The zero-order chi connectivity index (χ0) is 15.7. The summed E-state index contributed by atoms with van der Waals surface area (Å²) in [4.78, 5) is 11.8. The molecule has 0 heterocycles. The molecule has 1 fully saturated rings. The number of carbonyl (C=O) groups is 1. The minimum absolute atomic E-state index is 0.284. The van der Waals surface area contributed by atoms with Crippen LogP contribution in [0.5, 0.6) is 0 Å². The van der Waals surface area contributed by atoms with Gasteiger partial charge in [0.05, 0.1) is 10.7 Å². The first-order valence-electron chi connectivity index (χ1n) is 7.29. The molecule has 2 rings (SSSR count). The number of nitrogens with two attached hydrogens (primary N) is 1. The van der Waals surface area contributed by atoms with Crippen molar-refractivity contribution in [1.29, 1.82) is 0 Å². The summed E-state index contributed by atoms with van der Waals surface area (Å²) in [7, 11) is 0. The number of amides is 1. The lowest BCUT2D eigenvalue weighted by Gasteiger charge is -2.25. The van der Waals surface area contributed by atoms with Crippen LogP contribution in [0.25, 0.3) is 0 Å². The molecule has 0 saturated heterocycles. The standard InChI is InChI=1S/C16H23ClN2O2/c1-15(2,3)21-14(20)19-13-7-6-11(10-12(13)17)16(18)8-4-5-9-16/h6-7,10H,4-5,8-9,18H2,1-3H3,(H,19,20). The number of rotatable bonds is 2. The molecular formula is C16H23ClN2O2. The number of benzene rings is 1. The molecule has 116 valence electrons. The van der Waals surface area contributed by atoms with Crippen LogP contribution in [-0.4, -0.2) is 11.7 Å². The molecule has 0 radical (unpaired) electrons. The van der Waals surface area contributed by atoms with Gasteiger partial charge in [-0.1, -0.05) is 30.5 Å². The topological polar surface area (TPSA) is 64.3 Å². The lowest BCUT2D eigenvalue weighted by atomic mass is 9.89. The van der Waals surface area contributed by atoms with Crippen molar-refractivity contribution in [3.8, 4) is 0 Å². The molecule has 5 heteroatoms. The predicted molar refractivity (Wildman–Crippen MR) is 85.6 cm³/mol. The van der Waals surface area contributed by atoms with Crippen molar-refractivity contribution in [2.75, 3.05) is 5.32 Å². The quantitative estimate of drug-likeness (QED) is 0.850. The normalized spacial score (nSPS) is 17.6. The second-order valence-electron chi connectivity index (χ2n) is 6.68. The Morgan fingerprint density at radius 2 is 1.95 bits per heavy atom. The van der Waals surface area contributed by atoms with E-state index in [4.69, 9.17) is 22.1 Å². The zero-order valence-corrected chi connectivity index (χ0v) is 13.6. The van der Waals surface area contributed by atoms with Gasteiger partial charge in [0.1, 0.15) is 5.60 Å². The van der Waals surface area contributed by atoms with Crippen LogP contribution in [0.2, 0.25) is 5.02 Å². The van der Waals surface area contributed by atoms with Gasteiger partial charge in [-0.25, -0.2) is 4.79 Å². The van der Waals surface area contributed by atoms with Gasteiger partial charge in [0, 0.05) is 5.54 Å². The Labute approximate surface area is 131 Å². The Balaban J connectivity index is 2.11. The maximum atomic E-state index is 11.8. The van der Waals surface area contributed by atoms with E-state index in [0.29, 0.717) is 10.7 Å². The van der Waals surface area contributed by atoms with E-state index in [1.54, 1.807) is 6.07 Å². The molecule has 1 aromatic rings. The molecule has 1 amide bonds. The molecule has 3 N–H and O–H groups in total. The second kappa shape index (κ2) is 5.85. The van der Waals surface area contributed by atoms with E-state index in [-0.39, 0.29) is 5.54 Å². The van der Waals surface area contributed by atoms with Gasteiger partial charge in [-0.15, -0.1) is 0 Å². The number of hydrogen-bond donors (Lipinski definition) is 2. The molecule has 1 aliphatic rings. The molecule has 0 aliphatic heterocycles. The highest BCUT2D eigenvalue weighted by Crippen LogP contribution is 2.38. The summed E-state index contributed by atoms with van der Waals surface area (Å²) in [5.74, 6) is 0. The first-order valence-corrected chi connectivity index (χ1v) is 7.66. The average Bonchev–Trinajstić information content (AvgIpc) is 2.77. The van der Waals surface area contributed by atoms with Crippen LogP contribution < -0.4 is 11.1 Å². The highest BCUT2D eigenvalue weighted by molar-refractivity contribution is 6.33. The number of anilines is 1. The lowest BCUT2D eigenvalue weighted by molar-refractivity contribution is 0.0636. The molecule has 21 heavy (non-hydrogen) atoms. The van der Waals surface area contributed by atoms with Crippen molar-refractivity contribution in [3.63, 3.8) is 0 Å². The van der Waals surface area contributed by atoms with E-state index >= 15 is 0 Å². The summed E-state index contributed by atoms with van der Waals surface area (Å²) >= 11 is 6.26. The molecule has 0 aromatic heterocycles. The minimum atomic E-state index is -0.540. The van der Waals surface area contributed by atoms with Crippen LogP contribution in [0.15, 0.2) is 18.2 Å². The van der Waals surface area contributed by atoms with Gasteiger partial charge in [-0.3, -0.25) is 5.32 Å². The van der Waals surface area contributed by atoms with Gasteiger partial charge < -0.3 is 10.5 Å². The smallest absolute Gasteiger partial charge is 0.412 e. The fraction of sp³-hybridized carbons (Fsp3) is 0.562. The molecule has 1 aliphatic carbocycles. The Hall–Kier alpha value is -1.26. The van der Waals surface area contributed by atoms with Crippen LogP contribution in [0.3, 0.4) is 0 Å². The summed E-state index contributed by atoms with van der Waals surface area (Å²) < 4.78 is 5.21. The number of carbonyl (C=O) groups excluding carboxylic acids is 1. The molecular weight excluding hydrogens is 288 g/mol. The summed E-state index contributed by atoms with van der Waals surface area (Å²) in [5.41, 5.74) is 7.16. The Kier molecular flexibility index (Phi) is 4.49. The summed E-state index contributed by atoms with van der Waals surface area (Å²) in [6, 6.07) is 5.57. The van der Waals surface area contributed by atoms with Gasteiger partial charge in [-0.2, -0.15) is 0 Å². The van der Waals surface area contributed by atoms with E-state index in [9.17, 15) is 4.79 Å². The van der Waals surface area contributed by atoms with Gasteiger partial charge >= 0.3 is 6.09 Å². The van der Waals surface area contributed by atoms with Crippen LogP contribution in [-0.2, 0) is 10.3 Å². The summed E-state index contributed by atoms with van der Waals surface area (Å²) in [5, 5.41) is 3.14. The highest BCUT2D eigenvalue weighted by Gasteiger charge is 2.31. The number of ether oxygens (including phenoxy) is 1. The van der Waals surface area contributed by atoms with Gasteiger partial charge in [0.15, 0.2) is 0 Å². The summed E-state index contributed by atoms with van der Waals surface area (Å²) in [6.07, 6.45) is 3.73. The van der Waals surface area contributed by atoms with Crippen LogP contribution in [0, 0.1) is 0 Å². The molecule has 1 saturated carbocycles. The third kappa shape index (κ3) is 4.11. The molecule has 4 nitrogen and oxygen atoms in total. The van der Waals surface area contributed by atoms with E-state index in [0.717, 1.165) is 31.2 Å². The Bertz CT molecular complexity index is 532. The monoisotopic (exact) mass is 310 g/mol. The van der Waals surface area contributed by atoms with E-state index in [2.05, 4.69) is 5.32 Å². The maximum Gasteiger partial charge on any atom is 0.412 e. The van der Waals surface area contributed by atoms with Crippen molar-refractivity contribution in [1.82, 2.24) is 0 Å². The van der Waals surface area contributed by atoms with Crippen LogP contribution in [0.4, 0.5) is 10.5 Å². The molecule has 0 unspecified atom stereocenters. The Morgan fingerprint density at radius 1 is 1.33 bits per heavy atom. The fourth-order valence-electron chi connectivity index (χ4n) is 2.63. The number of hydrogen-bond acceptors (Lipinski definition) is 3. The first kappa shape index (κ1) is 16.1. The maximum absolute atomic E-state index is 11.8. The average molecular weight is 311 g/mol. The lowest BCUT2D eigenvalue weighted by Crippen LogP contribution is -2.33. The molecule has 1 aromatic carbocycles. The molecule has 0 bridgehead atoms. The third-order valence-electron chi connectivity index (χ3n) is 3.68. The van der Waals surface area contributed by atoms with Crippen LogP contribution in [0.1, 0.15) is 52.0 Å². The van der Waals surface area contributed by atoms with Crippen molar-refractivity contribution in [2.45, 2.75) is 57.6 Å². The third-order valence-corrected chi connectivity index (χ3v) is 3.99. The summed E-state index contributed by atoms with van der Waals surface area (Å²) in [6.45, 7) is 5.45. The Morgan fingerprint density at radius 3 is 2.48 bits per heavy atom. The zero-order valence-electron chi connectivity index (χ0n) is 12.8. The van der Waals surface area contributed by atoms with Crippen molar-refractivity contribution in [2.24, 2.45) is 5.73 Å². The number of halogens is 1. The minimum Gasteiger partial charge on any atom is -0.444 e. The largest absolute Gasteiger partial charge is 0.444 e. The molecule has 0 spiro atoms. The van der Waals surface area contributed by atoms with Gasteiger partial charge in [0.2, 0.25) is 0 Å². The SMILES string of the molecule is CC(C)(C)OC(=O)Nc1ccc(C2(N)CCCC2)cc1Cl. The second-order valence-corrected chi connectivity index (χ2v) is 7.09. The van der Waals surface area contributed by atoms with Gasteiger partial charge in [0.25, 0.3) is 0 Å². The van der Waals surface area contributed by atoms with E-state index in [1.165, 1.54) is 0 Å². The molecule has 0 atom stereocenters. The van der Waals surface area contributed by atoms with Crippen molar-refractivity contribution >= 4 is 23.4 Å². The first-order chi connectivity index (χ1) is 9.70. The highest BCUT2D eigenvalue weighted by atomic mass is 35.5. The fourth-order valence-corrected chi connectivity index (χ4v) is 2.86. The van der Waals surface area contributed by atoms with Gasteiger partial charge in [-0.05, 0) is 51.3 Å². The van der Waals surface area contributed by atoms with E-state index in [1.807, 2.05) is 32.9 Å².